The number of nitrogens with one attached hydrogen (secondary N) is 1. The summed E-state index contributed by atoms with van der Waals surface area (Å²) in [6, 6.07) is 7.91. The lowest BCUT2D eigenvalue weighted by Crippen LogP contribution is -2.39. The van der Waals surface area contributed by atoms with Gasteiger partial charge in [-0.15, -0.1) is 11.3 Å². The summed E-state index contributed by atoms with van der Waals surface area (Å²) < 4.78 is 5.32. The molecule has 25 heavy (non-hydrogen) atoms. The summed E-state index contributed by atoms with van der Waals surface area (Å²) in [6.07, 6.45) is 0.871. The van der Waals surface area contributed by atoms with E-state index in [2.05, 4.69) is 25.6 Å². The molecule has 1 heterocycles. The van der Waals surface area contributed by atoms with Crippen LogP contribution in [0.1, 0.15) is 29.3 Å². The molecule has 1 aromatic carbocycles. The summed E-state index contributed by atoms with van der Waals surface area (Å²) in [4.78, 5) is 11.0. The van der Waals surface area contributed by atoms with Gasteiger partial charge < -0.3 is 15.0 Å². The molecule has 0 spiro atoms. The van der Waals surface area contributed by atoms with Crippen molar-refractivity contribution < 1.29 is 4.74 Å². The lowest BCUT2D eigenvalue weighted by Gasteiger charge is -2.21. The lowest BCUT2D eigenvalue weighted by atomic mass is 10.1. The molecule has 136 valence electrons. The second kappa shape index (κ2) is 9.75. The molecule has 0 aliphatic carbocycles. The Labute approximate surface area is 158 Å². The Bertz CT molecular complexity index is 704. The first-order chi connectivity index (χ1) is 12.0. The van der Waals surface area contributed by atoms with E-state index < -0.39 is 0 Å². The van der Waals surface area contributed by atoms with Gasteiger partial charge in [0.25, 0.3) is 0 Å². The Morgan fingerprint density at radius 2 is 2.20 bits per heavy atom. The SMILES string of the molecule is CN=C(NCCc1ccccc1Cl)N(C)Cc1csc(C(C)OC)n1. The number of benzene rings is 1. The van der Waals surface area contributed by atoms with Gasteiger partial charge >= 0.3 is 0 Å². The first-order valence-electron chi connectivity index (χ1n) is 8.17. The molecule has 5 nitrogen and oxygen atoms in total. The monoisotopic (exact) mass is 380 g/mol. The van der Waals surface area contributed by atoms with E-state index in [-0.39, 0.29) is 6.10 Å². The number of rotatable bonds is 7. The van der Waals surface area contributed by atoms with Gasteiger partial charge in [0.05, 0.1) is 12.2 Å². The van der Waals surface area contributed by atoms with Crippen LogP contribution in [-0.2, 0) is 17.7 Å². The van der Waals surface area contributed by atoms with Crippen molar-refractivity contribution in [3.05, 3.63) is 50.9 Å². The second-order valence-electron chi connectivity index (χ2n) is 5.73. The average Bonchev–Trinajstić information content (AvgIpc) is 3.07. The van der Waals surface area contributed by atoms with Crippen LogP contribution in [0.25, 0.3) is 0 Å². The summed E-state index contributed by atoms with van der Waals surface area (Å²) >= 11 is 7.82. The van der Waals surface area contributed by atoms with Crippen LogP contribution >= 0.6 is 22.9 Å². The molecule has 1 atom stereocenters. The first-order valence-corrected chi connectivity index (χ1v) is 9.43. The van der Waals surface area contributed by atoms with Gasteiger partial charge in [-0.05, 0) is 25.0 Å². The normalized spacial score (nSPS) is 12.9. The molecule has 0 aliphatic heterocycles. The predicted molar refractivity (Wildman–Crippen MR) is 106 cm³/mol. The third kappa shape index (κ3) is 5.70. The Kier molecular flexibility index (Phi) is 7.68. The topological polar surface area (TPSA) is 49.8 Å². The van der Waals surface area contributed by atoms with E-state index in [1.807, 2.05) is 38.2 Å². The molecule has 0 amide bonds. The number of hydrogen-bond acceptors (Lipinski definition) is 4. The fraction of sp³-hybridized carbons (Fsp3) is 0.444. The molecule has 1 unspecified atom stereocenters. The van der Waals surface area contributed by atoms with E-state index in [0.29, 0.717) is 6.54 Å². The van der Waals surface area contributed by atoms with Gasteiger partial charge in [0.2, 0.25) is 0 Å². The number of halogens is 1. The lowest BCUT2D eigenvalue weighted by molar-refractivity contribution is 0.119. The minimum Gasteiger partial charge on any atom is -0.375 e. The van der Waals surface area contributed by atoms with Crippen molar-refractivity contribution in [2.45, 2.75) is 26.0 Å². The first kappa shape index (κ1) is 19.7. The molecule has 2 rings (SSSR count). The van der Waals surface area contributed by atoms with Gasteiger partial charge in [-0.1, -0.05) is 29.8 Å². The highest BCUT2D eigenvalue weighted by Crippen LogP contribution is 2.21. The van der Waals surface area contributed by atoms with Crippen LogP contribution in [0.15, 0.2) is 34.6 Å². The van der Waals surface area contributed by atoms with Crippen molar-refractivity contribution in [3.8, 4) is 0 Å². The van der Waals surface area contributed by atoms with E-state index in [9.17, 15) is 0 Å². The van der Waals surface area contributed by atoms with Gasteiger partial charge in [-0.3, -0.25) is 4.99 Å². The Morgan fingerprint density at radius 1 is 1.44 bits per heavy atom. The van der Waals surface area contributed by atoms with E-state index in [1.54, 1.807) is 25.5 Å². The molecule has 2 aromatic rings. The van der Waals surface area contributed by atoms with Crippen LogP contribution < -0.4 is 5.32 Å². The standard InChI is InChI=1S/C18H25ClN4OS/c1-13(24-4)17-22-15(12-25-17)11-23(3)18(20-2)21-10-9-14-7-5-6-8-16(14)19/h5-8,12-13H,9-11H2,1-4H3,(H,20,21). The number of aromatic nitrogens is 1. The fourth-order valence-corrected chi connectivity index (χ4v) is 3.47. The van der Waals surface area contributed by atoms with Gasteiger partial charge in [-0.25, -0.2) is 4.98 Å². The highest BCUT2D eigenvalue weighted by atomic mass is 35.5. The molecule has 0 saturated heterocycles. The molecule has 0 bridgehead atoms. The summed E-state index contributed by atoms with van der Waals surface area (Å²) in [5.74, 6) is 0.835. The van der Waals surface area contributed by atoms with E-state index in [1.165, 1.54) is 0 Å². The van der Waals surface area contributed by atoms with Gasteiger partial charge in [-0.2, -0.15) is 0 Å². The molecule has 0 radical (unpaired) electrons. The quantitative estimate of drug-likeness (QED) is 0.587. The third-order valence-corrected chi connectivity index (χ3v) is 5.30. The number of methoxy groups -OCH3 is 1. The van der Waals surface area contributed by atoms with E-state index in [4.69, 9.17) is 16.3 Å². The van der Waals surface area contributed by atoms with Crippen molar-refractivity contribution in [3.63, 3.8) is 0 Å². The zero-order chi connectivity index (χ0) is 18.2. The number of guanidine groups is 1. The average molecular weight is 381 g/mol. The van der Waals surface area contributed by atoms with E-state index in [0.717, 1.165) is 40.2 Å². The van der Waals surface area contributed by atoms with Crippen LogP contribution in [0.3, 0.4) is 0 Å². The zero-order valence-electron chi connectivity index (χ0n) is 15.1. The number of hydrogen-bond donors (Lipinski definition) is 1. The van der Waals surface area contributed by atoms with Crippen molar-refractivity contribution in [1.82, 2.24) is 15.2 Å². The van der Waals surface area contributed by atoms with Crippen molar-refractivity contribution in [2.24, 2.45) is 4.99 Å². The van der Waals surface area contributed by atoms with Gasteiger partial charge in [0, 0.05) is 38.2 Å². The van der Waals surface area contributed by atoms with E-state index >= 15 is 0 Å². The predicted octanol–water partition coefficient (Wildman–Crippen LogP) is 3.75. The highest BCUT2D eigenvalue weighted by Gasteiger charge is 2.12. The minimum absolute atomic E-state index is 0.0251. The minimum atomic E-state index is 0.0251. The highest BCUT2D eigenvalue weighted by molar-refractivity contribution is 7.09. The third-order valence-electron chi connectivity index (χ3n) is 3.88. The largest absolute Gasteiger partial charge is 0.375 e. The molecule has 1 aromatic heterocycles. The maximum atomic E-state index is 6.20. The van der Waals surface area contributed by atoms with Crippen molar-refractivity contribution >= 4 is 28.9 Å². The number of thiazole rings is 1. The number of ether oxygens (including phenoxy) is 1. The summed E-state index contributed by atoms with van der Waals surface area (Å²) in [5, 5.41) is 7.24. The van der Waals surface area contributed by atoms with Gasteiger partial charge in [0.1, 0.15) is 11.1 Å². The molecular formula is C18H25ClN4OS. The second-order valence-corrected chi connectivity index (χ2v) is 7.02. The molecule has 7 heteroatoms. The zero-order valence-corrected chi connectivity index (χ0v) is 16.7. The molecule has 1 N–H and O–H groups in total. The van der Waals surface area contributed by atoms with Crippen LogP contribution in [-0.4, -0.2) is 43.6 Å². The van der Waals surface area contributed by atoms with Gasteiger partial charge in [0.15, 0.2) is 5.96 Å². The van der Waals surface area contributed by atoms with Crippen molar-refractivity contribution in [1.29, 1.82) is 0 Å². The maximum Gasteiger partial charge on any atom is 0.193 e. The Hall–Kier alpha value is -1.63. The summed E-state index contributed by atoms with van der Waals surface area (Å²) in [7, 11) is 5.49. The smallest absolute Gasteiger partial charge is 0.193 e. The summed E-state index contributed by atoms with van der Waals surface area (Å²) in [5.41, 5.74) is 2.15. The Balaban J connectivity index is 1.87. The summed E-state index contributed by atoms with van der Waals surface area (Å²) in [6.45, 7) is 3.46. The van der Waals surface area contributed by atoms with Crippen LogP contribution in [0.5, 0.6) is 0 Å². The number of aliphatic imine (C=N–C) groups is 1. The Morgan fingerprint density at radius 3 is 2.88 bits per heavy atom. The van der Waals surface area contributed by atoms with Crippen LogP contribution in [0.2, 0.25) is 5.02 Å². The molecule has 0 saturated carbocycles. The van der Waals surface area contributed by atoms with Crippen LogP contribution in [0, 0.1) is 0 Å². The maximum absolute atomic E-state index is 6.20. The molecular weight excluding hydrogens is 356 g/mol. The fourth-order valence-electron chi connectivity index (χ4n) is 2.40. The number of nitrogens with zero attached hydrogens (tertiary/aromatic N) is 3. The van der Waals surface area contributed by atoms with Crippen LogP contribution in [0.4, 0.5) is 0 Å². The molecule has 0 fully saturated rings. The molecule has 0 aliphatic rings. The van der Waals surface area contributed by atoms with Crippen molar-refractivity contribution in [2.75, 3.05) is 27.7 Å².